The van der Waals surface area contributed by atoms with E-state index in [1.165, 1.54) is 56.9 Å². The fourth-order valence-electron chi connectivity index (χ4n) is 8.30. The number of unbranched alkanes of at least 4 members (excludes halogenated alkanes) is 3. The summed E-state index contributed by atoms with van der Waals surface area (Å²) in [7, 11) is -4.23. The summed E-state index contributed by atoms with van der Waals surface area (Å²) < 4.78 is 36.3. The van der Waals surface area contributed by atoms with Gasteiger partial charge in [-0.2, -0.15) is 4.58 Å². The summed E-state index contributed by atoms with van der Waals surface area (Å²) in [5.41, 5.74) is 7.26. The Labute approximate surface area is 386 Å². The zero-order chi connectivity index (χ0) is 43.2. The number of nitrogens with zero attached hydrogens (tertiary/aromatic N) is 2. The van der Waals surface area contributed by atoms with Crippen LogP contribution < -0.4 is 34.5 Å². The van der Waals surface area contributed by atoms with Gasteiger partial charge >= 0.3 is 29.6 Å². The molecule has 0 fully saturated rings. The molecule has 0 aliphatic carbocycles. The molecule has 5 nitrogen and oxygen atoms in total. The van der Waals surface area contributed by atoms with Crippen molar-refractivity contribution in [1.29, 1.82) is 0 Å². The van der Waals surface area contributed by atoms with Crippen molar-refractivity contribution in [3.63, 3.8) is 0 Å². The number of hydrogen-bond donors (Lipinski definition) is 0. The van der Waals surface area contributed by atoms with Crippen molar-refractivity contribution in [1.82, 2.24) is 0 Å². The van der Waals surface area contributed by atoms with Crippen molar-refractivity contribution in [3.05, 3.63) is 132 Å². The average Bonchev–Trinajstić information content (AvgIpc) is 3.58. The summed E-state index contributed by atoms with van der Waals surface area (Å²) in [5.74, 6) is 18.0. The van der Waals surface area contributed by atoms with Gasteiger partial charge in [-0.3, -0.25) is 0 Å². The van der Waals surface area contributed by atoms with Crippen molar-refractivity contribution in [2.45, 2.75) is 77.6 Å². The van der Waals surface area contributed by atoms with Gasteiger partial charge in [-0.25, -0.2) is 8.42 Å². The van der Waals surface area contributed by atoms with Crippen LogP contribution in [0.4, 0.5) is 11.4 Å². The molecule has 2 heterocycles. The van der Waals surface area contributed by atoms with Crippen LogP contribution in [0.15, 0.2) is 121 Å². The molecular formula is C54H52N2NaO3S+. The van der Waals surface area contributed by atoms with Crippen LogP contribution in [0.5, 0.6) is 0 Å². The van der Waals surface area contributed by atoms with Gasteiger partial charge in [0.05, 0.1) is 15.5 Å². The first-order valence-electron chi connectivity index (χ1n) is 20.4. The summed E-state index contributed by atoms with van der Waals surface area (Å²) in [5, 5.41) is 5.05. The molecule has 0 aromatic heterocycles. The molecule has 0 amide bonds. The summed E-state index contributed by atoms with van der Waals surface area (Å²) in [4.78, 5) is 2.31. The Morgan fingerprint density at radius 3 is 1.89 bits per heavy atom. The fourth-order valence-corrected chi connectivity index (χ4v) is 8.86. The van der Waals surface area contributed by atoms with Gasteiger partial charge in [-0.15, -0.1) is 12.8 Å². The summed E-state index contributed by atoms with van der Waals surface area (Å²) >= 11 is 0. The standard InChI is InChI=1S/C44H50N2O3S.C10H2.Na/c1-6-7-17-30-45-37-28-26-33-20-13-15-22-35(33)41(37)43(2,3)39(45)24-11-9-8-10-12-25-40-44(4,5)42-36-23-16-14-21-34(36)27-29-38(42)46(40)31-18-19-32-50(47,48)49;1-3-5-7-9-10-8-6-4-2;/h8-16,20-29H,6-7,17-19,30-32H2,1-5H3;1-2H;/q;;+1. The maximum absolute atomic E-state index is 11.3. The Morgan fingerprint density at radius 2 is 1.26 bits per heavy atom. The predicted molar refractivity (Wildman–Crippen MR) is 251 cm³/mol. The van der Waals surface area contributed by atoms with Gasteiger partial charge in [0.15, 0.2) is 5.71 Å². The molecule has 2 aliphatic heterocycles. The predicted octanol–water partition coefficient (Wildman–Crippen LogP) is 7.50. The molecule has 302 valence electrons. The number of terminal acetylenes is 2. The molecule has 0 radical (unpaired) electrons. The molecule has 0 saturated heterocycles. The molecule has 0 atom stereocenters. The number of hydrogen-bond acceptors (Lipinski definition) is 4. The van der Waals surface area contributed by atoms with Gasteiger partial charge in [0.1, 0.15) is 6.54 Å². The minimum atomic E-state index is -4.23. The molecule has 6 rings (SSSR count). The normalized spacial score (nSPS) is 15.1. The third-order valence-electron chi connectivity index (χ3n) is 10.9. The topological polar surface area (TPSA) is 63.5 Å². The fraction of sp³-hybridized carbons (Fsp3) is 0.278. The van der Waals surface area contributed by atoms with Crippen LogP contribution in [-0.4, -0.2) is 42.1 Å². The van der Waals surface area contributed by atoms with Crippen molar-refractivity contribution in [2.75, 3.05) is 23.7 Å². The zero-order valence-corrected chi connectivity index (χ0v) is 39.1. The molecule has 0 bridgehead atoms. The second-order valence-corrected chi connectivity index (χ2v) is 17.2. The second kappa shape index (κ2) is 22.4. The Balaban J connectivity index is 0.000000663. The number of anilines is 1. The average molecular weight is 832 g/mol. The maximum atomic E-state index is 11.3. The van der Waals surface area contributed by atoms with Gasteiger partial charge in [-0.05, 0) is 126 Å². The van der Waals surface area contributed by atoms with Gasteiger partial charge in [-0.1, -0.05) is 112 Å². The number of fused-ring (bicyclic) bond motifs is 6. The summed E-state index contributed by atoms with van der Waals surface area (Å²) in [6, 6.07) is 26.1. The van der Waals surface area contributed by atoms with E-state index in [0.29, 0.717) is 19.4 Å². The number of rotatable bonds is 13. The molecular weight excluding hydrogens is 780 g/mol. The van der Waals surface area contributed by atoms with Crippen molar-refractivity contribution in [2.24, 2.45) is 0 Å². The quantitative estimate of drug-likeness (QED) is 0.0350. The van der Waals surface area contributed by atoms with E-state index in [-0.39, 0.29) is 46.1 Å². The van der Waals surface area contributed by atoms with E-state index in [1.807, 2.05) is 0 Å². The first kappa shape index (κ1) is 48.2. The molecule has 2 aliphatic rings. The molecule has 0 unspecified atom stereocenters. The van der Waals surface area contributed by atoms with Crippen LogP contribution in [0.25, 0.3) is 21.5 Å². The van der Waals surface area contributed by atoms with Gasteiger partial charge in [0.2, 0.25) is 5.69 Å². The monoisotopic (exact) mass is 831 g/mol. The summed E-state index contributed by atoms with van der Waals surface area (Å²) in [6.45, 7) is 13.1. The van der Waals surface area contributed by atoms with Crippen LogP contribution in [-0.2, 0) is 20.9 Å². The van der Waals surface area contributed by atoms with Gasteiger partial charge in [0.25, 0.3) is 0 Å². The van der Waals surface area contributed by atoms with Crippen molar-refractivity contribution < 1.29 is 47.1 Å². The van der Waals surface area contributed by atoms with Gasteiger partial charge in [0, 0.05) is 53.2 Å². The van der Waals surface area contributed by atoms with E-state index < -0.39 is 10.1 Å². The smallest absolute Gasteiger partial charge is 0.748 e. The molecule has 0 saturated carbocycles. The molecule has 4 aromatic rings. The van der Waals surface area contributed by atoms with Gasteiger partial charge < -0.3 is 9.45 Å². The van der Waals surface area contributed by atoms with Crippen LogP contribution >= 0.6 is 0 Å². The largest absolute Gasteiger partial charge is 1.00 e. The van der Waals surface area contributed by atoms with E-state index in [1.54, 1.807) is 0 Å². The van der Waals surface area contributed by atoms with Crippen LogP contribution in [0.2, 0.25) is 0 Å². The van der Waals surface area contributed by atoms with E-state index in [0.717, 1.165) is 24.4 Å². The molecule has 61 heavy (non-hydrogen) atoms. The Morgan fingerprint density at radius 1 is 0.689 bits per heavy atom. The van der Waals surface area contributed by atoms with E-state index in [4.69, 9.17) is 12.8 Å². The van der Waals surface area contributed by atoms with E-state index in [2.05, 4.69) is 207 Å². The molecule has 0 N–H and O–H groups in total. The minimum absolute atomic E-state index is 0. The maximum Gasteiger partial charge on any atom is 1.00 e. The third kappa shape index (κ3) is 11.9. The summed E-state index contributed by atoms with van der Waals surface area (Å²) in [6.07, 6.45) is 29.1. The number of benzene rings is 4. The Bertz CT molecular complexity index is 2770. The first-order chi connectivity index (χ1) is 28.9. The zero-order valence-electron chi connectivity index (χ0n) is 36.3. The van der Waals surface area contributed by atoms with Crippen LogP contribution in [0.3, 0.4) is 0 Å². The minimum Gasteiger partial charge on any atom is -0.748 e. The number of allylic oxidation sites excluding steroid dienone is 8. The van der Waals surface area contributed by atoms with Crippen molar-refractivity contribution >= 4 is 48.7 Å². The van der Waals surface area contributed by atoms with E-state index >= 15 is 0 Å². The molecule has 7 heteroatoms. The Kier molecular flexibility index (Phi) is 17.7. The second-order valence-electron chi connectivity index (χ2n) is 15.7. The first-order valence-corrected chi connectivity index (χ1v) is 22.0. The molecule has 4 aromatic carbocycles. The van der Waals surface area contributed by atoms with Crippen molar-refractivity contribution in [3.8, 4) is 60.2 Å². The van der Waals surface area contributed by atoms with Crippen LogP contribution in [0, 0.1) is 60.2 Å². The Hall–Kier alpha value is -5.46. The van der Waals surface area contributed by atoms with Crippen LogP contribution in [0.1, 0.15) is 77.8 Å². The van der Waals surface area contributed by atoms with E-state index in [9.17, 15) is 13.0 Å². The molecule has 0 spiro atoms. The SMILES string of the molecule is C#CC#CC#CC#CC#C.CCCCC[N+]1=C(C=CC=CC=CC=C2N(CCCCS(=O)(=O)[O-])c3ccc4ccccc4c3C2(C)C)C(C)(C)c2c1ccc1ccccc21.[Na+]. The third-order valence-corrected chi connectivity index (χ3v) is 11.7.